The van der Waals surface area contributed by atoms with Crippen molar-refractivity contribution < 1.29 is 4.79 Å². The van der Waals surface area contributed by atoms with E-state index >= 15 is 0 Å². The fourth-order valence-electron chi connectivity index (χ4n) is 0.832. The Hall–Kier alpha value is -1.09. The predicted molar refractivity (Wildman–Crippen MR) is 54.6 cm³/mol. The molecule has 0 unspecified atom stereocenters. The van der Waals surface area contributed by atoms with Gasteiger partial charge in [0.25, 0.3) is 0 Å². The minimum atomic E-state index is 0.747. The molecule has 0 heterocycles. The van der Waals surface area contributed by atoms with Crippen LogP contribution in [0.15, 0.2) is 24.3 Å². The molecule has 64 valence electrons. The Kier molecular flexibility index (Phi) is 6.02. The molecule has 0 saturated carbocycles. The van der Waals surface area contributed by atoms with E-state index in [2.05, 4.69) is 12.6 Å². The highest BCUT2D eigenvalue weighted by atomic mass is 16.1. The number of hydrogen-bond donors (Lipinski definition) is 1. The van der Waals surface area contributed by atoms with E-state index in [0.717, 1.165) is 19.1 Å². The zero-order valence-electron chi connectivity index (χ0n) is 7.58. The van der Waals surface area contributed by atoms with Gasteiger partial charge in [-0.25, -0.2) is 0 Å². The zero-order valence-corrected chi connectivity index (χ0v) is 7.58. The van der Waals surface area contributed by atoms with Gasteiger partial charge in [-0.3, -0.25) is 4.79 Å². The fourth-order valence-corrected chi connectivity index (χ4v) is 0.832. The first-order chi connectivity index (χ1) is 5.86. The molecule has 1 rings (SSSR count). The van der Waals surface area contributed by atoms with Gasteiger partial charge < -0.3 is 5.73 Å². The van der Waals surface area contributed by atoms with Crippen LogP contribution >= 0.6 is 0 Å². The second-order valence-corrected chi connectivity index (χ2v) is 2.21. The molecule has 0 bridgehead atoms. The van der Waals surface area contributed by atoms with Crippen LogP contribution in [0.1, 0.15) is 10.4 Å². The van der Waals surface area contributed by atoms with Crippen LogP contribution in [-0.4, -0.2) is 20.6 Å². The van der Waals surface area contributed by atoms with Crippen molar-refractivity contribution in [3.63, 3.8) is 0 Å². The molecule has 2 N–H and O–H groups in total. The largest absolute Gasteiger partial charge is 0.333 e. The maximum Gasteiger partial charge on any atom is 0.154 e. The Bertz CT molecular complexity index is 220. The molecule has 0 spiro atoms. The van der Waals surface area contributed by atoms with Crippen molar-refractivity contribution >= 4 is 19.0 Å². The van der Waals surface area contributed by atoms with Gasteiger partial charge in [-0.05, 0) is 7.05 Å². The van der Waals surface area contributed by atoms with Crippen molar-refractivity contribution in [3.8, 4) is 0 Å². The van der Waals surface area contributed by atoms with Crippen LogP contribution in [0.4, 0.5) is 0 Å². The van der Waals surface area contributed by atoms with Crippen LogP contribution in [-0.2, 0) is 0 Å². The van der Waals surface area contributed by atoms with E-state index in [4.69, 9.17) is 0 Å². The van der Waals surface area contributed by atoms with Gasteiger partial charge in [0.2, 0.25) is 0 Å². The number of carbonyl (C=O) groups is 1. The zero-order chi connectivity index (χ0) is 9.40. The number of hydrogen-bond acceptors (Lipinski definition) is 2. The normalized spacial score (nSPS) is 7.92. The molecule has 0 aliphatic heterocycles. The van der Waals surface area contributed by atoms with E-state index in [1.54, 1.807) is 0 Å². The average Bonchev–Trinajstić information content (AvgIpc) is 2.21. The highest BCUT2D eigenvalue weighted by Crippen LogP contribution is 1.90. The molecule has 0 radical (unpaired) electrons. The van der Waals surface area contributed by atoms with E-state index in [1.165, 1.54) is 12.5 Å². The maximum atomic E-state index is 10.2. The summed E-state index contributed by atoms with van der Waals surface area (Å²) in [6.07, 6.45) is 0.861. The number of aldehydes is 1. The van der Waals surface area contributed by atoms with Crippen molar-refractivity contribution in [1.29, 1.82) is 0 Å². The third kappa shape index (κ3) is 3.35. The first kappa shape index (κ1) is 10.9. The van der Waals surface area contributed by atoms with E-state index in [9.17, 15) is 4.79 Å². The van der Waals surface area contributed by atoms with E-state index in [0.29, 0.717) is 0 Å². The summed E-state index contributed by atoms with van der Waals surface area (Å²) in [5, 5.41) is 0. The Morgan fingerprint density at radius 2 is 1.75 bits per heavy atom. The Morgan fingerprint density at radius 1 is 1.25 bits per heavy atom. The second kappa shape index (κ2) is 6.61. The van der Waals surface area contributed by atoms with Crippen molar-refractivity contribution in [2.75, 3.05) is 7.05 Å². The molecular formula is C9H14BNO. The first-order valence-corrected chi connectivity index (χ1v) is 3.98. The monoisotopic (exact) mass is 163 g/mol. The molecule has 0 aromatic heterocycles. The summed E-state index contributed by atoms with van der Waals surface area (Å²) in [5.74, 6) is 0. The van der Waals surface area contributed by atoms with Gasteiger partial charge in [0.05, 0.1) is 0 Å². The Morgan fingerprint density at radius 3 is 2.08 bits per heavy atom. The molecule has 0 saturated heterocycles. The van der Waals surface area contributed by atoms with Crippen LogP contribution in [0.25, 0.3) is 0 Å². The van der Waals surface area contributed by atoms with Crippen molar-refractivity contribution in [2.24, 2.45) is 5.73 Å². The van der Waals surface area contributed by atoms with Crippen molar-refractivity contribution in [2.45, 2.75) is 6.82 Å². The smallest absolute Gasteiger partial charge is 0.154 e. The van der Waals surface area contributed by atoms with Crippen LogP contribution in [0.5, 0.6) is 0 Å². The summed E-state index contributed by atoms with van der Waals surface area (Å²) in [6.45, 7) is 2.09. The fraction of sp³-hybridized carbons (Fsp3) is 0.222. The third-order valence-electron chi connectivity index (χ3n) is 1.52. The lowest BCUT2D eigenvalue weighted by molar-refractivity contribution is 0.112. The van der Waals surface area contributed by atoms with Crippen LogP contribution in [0.2, 0.25) is 6.82 Å². The summed E-state index contributed by atoms with van der Waals surface area (Å²) in [4.78, 5) is 10.2. The van der Waals surface area contributed by atoms with Gasteiger partial charge in [-0.15, -0.1) is 0 Å². The summed E-state index contributed by atoms with van der Waals surface area (Å²) in [5.41, 5.74) is 6.52. The lowest BCUT2D eigenvalue weighted by Gasteiger charge is -1.92. The van der Waals surface area contributed by atoms with Crippen molar-refractivity contribution in [3.05, 3.63) is 29.8 Å². The first-order valence-electron chi connectivity index (χ1n) is 3.98. The quantitative estimate of drug-likeness (QED) is 0.499. The number of carbonyl (C=O) groups excluding carboxylic acids is 1. The molecule has 0 aliphatic carbocycles. The predicted octanol–water partition coefficient (Wildman–Crippen LogP) is 0.184. The topological polar surface area (TPSA) is 43.1 Å². The molecule has 0 fully saturated rings. The van der Waals surface area contributed by atoms with E-state index in [1.807, 2.05) is 24.3 Å². The average molecular weight is 163 g/mol. The van der Waals surface area contributed by atoms with Crippen LogP contribution in [0.3, 0.4) is 0 Å². The Labute approximate surface area is 74.0 Å². The summed E-state index contributed by atoms with van der Waals surface area (Å²) >= 11 is 0. The van der Waals surface area contributed by atoms with Gasteiger partial charge in [0, 0.05) is 5.56 Å². The summed E-state index contributed by atoms with van der Waals surface area (Å²) in [7, 11) is 2.53. The van der Waals surface area contributed by atoms with E-state index in [-0.39, 0.29) is 0 Å². The van der Waals surface area contributed by atoms with Gasteiger partial charge >= 0.3 is 0 Å². The van der Waals surface area contributed by atoms with Crippen LogP contribution < -0.4 is 11.2 Å². The maximum absolute atomic E-state index is 10.2. The van der Waals surface area contributed by atoms with Crippen LogP contribution in [0, 0.1) is 0 Å². The molecule has 0 amide bonds. The SMILES string of the molecule is CBc1ccc(C=O)cc1.CN. The molecular weight excluding hydrogens is 149 g/mol. The molecule has 1 aromatic carbocycles. The lowest BCUT2D eigenvalue weighted by atomic mass is 9.73. The minimum Gasteiger partial charge on any atom is -0.333 e. The highest BCUT2D eigenvalue weighted by Gasteiger charge is 1.89. The van der Waals surface area contributed by atoms with Crippen molar-refractivity contribution in [1.82, 2.24) is 0 Å². The van der Waals surface area contributed by atoms with Gasteiger partial charge in [-0.2, -0.15) is 0 Å². The molecule has 1 aromatic rings. The number of nitrogens with two attached hydrogens (primary N) is 1. The molecule has 0 atom stereocenters. The molecule has 0 aliphatic rings. The molecule has 2 nitrogen and oxygen atoms in total. The van der Waals surface area contributed by atoms with Gasteiger partial charge in [-0.1, -0.05) is 36.6 Å². The number of benzene rings is 1. The Balaban J connectivity index is 0.000000561. The van der Waals surface area contributed by atoms with Gasteiger partial charge in [0.1, 0.15) is 6.29 Å². The molecule has 12 heavy (non-hydrogen) atoms. The van der Waals surface area contributed by atoms with E-state index < -0.39 is 0 Å². The number of rotatable bonds is 2. The summed E-state index contributed by atoms with van der Waals surface area (Å²) < 4.78 is 0. The minimum absolute atomic E-state index is 0.747. The lowest BCUT2D eigenvalue weighted by Crippen LogP contribution is -2.08. The highest BCUT2D eigenvalue weighted by molar-refractivity contribution is 6.51. The standard InChI is InChI=1S/C8H9BO.CH5N/c1-9-8-4-2-7(6-10)3-5-8;1-2/h2-6,9H,1H3;2H2,1H3. The van der Waals surface area contributed by atoms with Gasteiger partial charge in [0.15, 0.2) is 7.28 Å². The third-order valence-corrected chi connectivity index (χ3v) is 1.52. The molecule has 3 heteroatoms. The second-order valence-electron chi connectivity index (χ2n) is 2.21. The summed E-state index contributed by atoms with van der Waals surface area (Å²) in [6, 6.07) is 7.63.